The van der Waals surface area contributed by atoms with E-state index in [1.54, 1.807) is 0 Å². The minimum atomic E-state index is -0.373. The SMILES string of the molecule is CCC(=O)C1CCC(C)C1O. The minimum absolute atomic E-state index is 0.0602. The summed E-state index contributed by atoms with van der Waals surface area (Å²) < 4.78 is 0. The van der Waals surface area contributed by atoms with Crippen LogP contribution in [0.4, 0.5) is 0 Å². The molecule has 1 N–H and O–H groups in total. The zero-order valence-electron chi connectivity index (χ0n) is 7.21. The number of aliphatic hydroxyl groups is 1. The number of Topliss-reactive ketones (excluding diaryl/α,β-unsaturated/α-hetero) is 1. The largest absolute Gasteiger partial charge is 0.392 e. The molecule has 1 aliphatic carbocycles. The maximum absolute atomic E-state index is 11.2. The first-order chi connectivity index (χ1) is 5.16. The molecule has 0 aromatic carbocycles. The van der Waals surface area contributed by atoms with E-state index in [-0.39, 0.29) is 17.8 Å². The second-order valence-electron chi connectivity index (χ2n) is 3.47. The van der Waals surface area contributed by atoms with Crippen LogP contribution in [0.1, 0.15) is 33.1 Å². The molecule has 0 radical (unpaired) electrons. The van der Waals surface area contributed by atoms with Crippen molar-refractivity contribution in [3.63, 3.8) is 0 Å². The van der Waals surface area contributed by atoms with E-state index in [1.165, 1.54) is 0 Å². The highest BCUT2D eigenvalue weighted by Gasteiger charge is 2.35. The highest BCUT2D eigenvalue weighted by Crippen LogP contribution is 2.31. The second-order valence-corrected chi connectivity index (χ2v) is 3.47. The quantitative estimate of drug-likeness (QED) is 0.655. The lowest BCUT2D eigenvalue weighted by molar-refractivity contribution is -0.125. The molecule has 3 atom stereocenters. The molecule has 1 fully saturated rings. The Morgan fingerprint density at radius 1 is 1.55 bits per heavy atom. The van der Waals surface area contributed by atoms with Crippen LogP contribution in [0.5, 0.6) is 0 Å². The van der Waals surface area contributed by atoms with Gasteiger partial charge in [0.2, 0.25) is 0 Å². The van der Waals surface area contributed by atoms with Crippen molar-refractivity contribution in [1.82, 2.24) is 0 Å². The molecule has 1 rings (SSSR count). The molecule has 3 unspecified atom stereocenters. The van der Waals surface area contributed by atoms with Crippen molar-refractivity contribution in [2.24, 2.45) is 11.8 Å². The molecule has 0 bridgehead atoms. The second kappa shape index (κ2) is 3.35. The lowest BCUT2D eigenvalue weighted by Gasteiger charge is -2.14. The zero-order chi connectivity index (χ0) is 8.43. The van der Waals surface area contributed by atoms with Gasteiger partial charge in [-0.2, -0.15) is 0 Å². The van der Waals surface area contributed by atoms with Crippen LogP contribution in [0, 0.1) is 11.8 Å². The smallest absolute Gasteiger partial charge is 0.138 e. The Morgan fingerprint density at radius 3 is 2.55 bits per heavy atom. The molecule has 0 saturated heterocycles. The van der Waals surface area contributed by atoms with Crippen molar-refractivity contribution in [3.05, 3.63) is 0 Å². The Labute approximate surface area is 67.6 Å². The van der Waals surface area contributed by atoms with Crippen LogP contribution in [-0.4, -0.2) is 17.0 Å². The van der Waals surface area contributed by atoms with Crippen LogP contribution in [0.15, 0.2) is 0 Å². The van der Waals surface area contributed by atoms with E-state index >= 15 is 0 Å². The van der Waals surface area contributed by atoms with Crippen LogP contribution >= 0.6 is 0 Å². The van der Waals surface area contributed by atoms with Crippen LogP contribution in [-0.2, 0) is 4.79 Å². The summed E-state index contributed by atoms with van der Waals surface area (Å²) in [5.41, 5.74) is 0. The van der Waals surface area contributed by atoms with Crippen LogP contribution in [0.2, 0.25) is 0 Å². The first-order valence-electron chi connectivity index (χ1n) is 4.37. The van der Waals surface area contributed by atoms with Crippen molar-refractivity contribution in [3.8, 4) is 0 Å². The van der Waals surface area contributed by atoms with Crippen molar-refractivity contribution < 1.29 is 9.90 Å². The highest BCUT2D eigenvalue weighted by atomic mass is 16.3. The summed E-state index contributed by atoms with van der Waals surface area (Å²) in [5.74, 6) is 0.479. The van der Waals surface area contributed by atoms with E-state index < -0.39 is 0 Å². The molecule has 1 saturated carbocycles. The number of carbonyl (C=O) groups is 1. The molecule has 0 amide bonds. The fourth-order valence-electron chi connectivity index (χ4n) is 1.79. The number of ketones is 1. The van der Waals surface area contributed by atoms with Crippen LogP contribution < -0.4 is 0 Å². The third kappa shape index (κ3) is 1.62. The lowest BCUT2D eigenvalue weighted by Crippen LogP contribution is -2.25. The summed E-state index contributed by atoms with van der Waals surface area (Å²) in [6.07, 6.45) is 2.07. The predicted molar refractivity (Wildman–Crippen MR) is 43.2 cm³/mol. The third-order valence-corrected chi connectivity index (χ3v) is 2.69. The third-order valence-electron chi connectivity index (χ3n) is 2.69. The molecule has 0 aromatic heterocycles. The Kier molecular flexibility index (Phi) is 2.66. The van der Waals surface area contributed by atoms with Gasteiger partial charge in [-0.25, -0.2) is 0 Å². The summed E-state index contributed by atoms with van der Waals surface area (Å²) in [4.78, 5) is 11.2. The van der Waals surface area contributed by atoms with Crippen molar-refractivity contribution in [1.29, 1.82) is 0 Å². The summed E-state index contributed by atoms with van der Waals surface area (Å²) in [5, 5.41) is 9.54. The van der Waals surface area contributed by atoms with E-state index in [2.05, 4.69) is 0 Å². The molecule has 0 aliphatic heterocycles. The summed E-state index contributed by atoms with van der Waals surface area (Å²) in [6.45, 7) is 3.87. The summed E-state index contributed by atoms with van der Waals surface area (Å²) in [6, 6.07) is 0. The zero-order valence-corrected chi connectivity index (χ0v) is 7.21. The molecular weight excluding hydrogens is 140 g/mol. The minimum Gasteiger partial charge on any atom is -0.392 e. The van der Waals surface area contributed by atoms with Gasteiger partial charge in [0.05, 0.1) is 6.10 Å². The van der Waals surface area contributed by atoms with E-state index in [0.29, 0.717) is 12.3 Å². The summed E-state index contributed by atoms with van der Waals surface area (Å²) in [7, 11) is 0. The fraction of sp³-hybridized carbons (Fsp3) is 0.889. The molecule has 0 heterocycles. The van der Waals surface area contributed by atoms with E-state index in [1.807, 2.05) is 13.8 Å². The maximum Gasteiger partial charge on any atom is 0.138 e. The molecule has 1 aliphatic rings. The monoisotopic (exact) mass is 156 g/mol. The van der Waals surface area contributed by atoms with Gasteiger partial charge in [-0.05, 0) is 18.8 Å². The Balaban J connectivity index is 2.54. The van der Waals surface area contributed by atoms with Crippen LogP contribution in [0.25, 0.3) is 0 Å². The standard InChI is InChI=1S/C9H16O2/c1-3-8(10)7-5-4-6(2)9(7)11/h6-7,9,11H,3-5H2,1-2H3. The maximum atomic E-state index is 11.2. The van der Waals surface area contributed by atoms with Gasteiger partial charge in [-0.15, -0.1) is 0 Å². The van der Waals surface area contributed by atoms with Gasteiger partial charge in [-0.1, -0.05) is 13.8 Å². The van der Waals surface area contributed by atoms with Gasteiger partial charge in [0.15, 0.2) is 0 Å². The number of carbonyl (C=O) groups excluding carboxylic acids is 1. The van der Waals surface area contributed by atoms with Gasteiger partial charge in [0, 0.05) is 12.3 Å². The Bertz CT molecular complexity index is 154. The highest BCUT2D eigenvalue weighted by molar-refractivity contribution is 5.81. The average molecular weight is 156 g/mol. The van der Waals surface area contributed by atoms with Gasteiger partial charge < -0.3 is 5.11 Å². The van der Waals surface area contributed by atoms with Crippen LogP contribution in [0.3, 0.4) is 0 Å². The first kappa shape index (κ1) is 8.72. The molecular formula is C9H16O2. The molecule has 64 valence electrons. The Hall–Kier alpha value is -0.370. The van der Waals surface area contributed by atoms with Gasteiger partial charge in [0.25, 0.3) is 0 Å². The van der Waals surface area contributed by atoms with Crippen molar-refractivity contribution in [2.45, 2.75) is 39.2 Å². The number of aliphatic hydroxyl groups excluding tert-OH is 1. The Morgan fingerprint density at radius 2 is 2.18 bits per heavy atom. The number of hydrogen-bond donors (Lipinski definition) is 1. The van der Waals surface area contributed by atoms with E-state index in [0.717, 1.165) is 12.8 Å². The molecule has 11 heavy (non-hydrogen) atoms. The van der Waals surface area contributed by atoms with Gasteiger partial charge in [0.1, 0.15) is 5.78 Å². The average Bonchev–Trinajstić information content (AvgIpc) is 2.32. The fourth-order valence-corrected chi connectivity index (χ4v) is 1.79. The lowest BCUT2D eigenvalue weighted by atomic mass is 9.96. The summed E-state index contributed by atoms with van der Waals surface area (Å²) >= 11 is 0. The molecule has 2 nitrogen and oxygen atoms in total. The van der Waals surface area contributed by atoms with E-state index in [4.69, 9.17) is 0 Å². The molecule has 2 heteroatoms. The molecule has 0 aromatic rings. The van der Waals surface area contributed by atoms with E-state index in [9.17, 15) is 9.90 Å². The molecule has 0 spiro atoms. The normalized spacial score (nSPS) is 37.5. The number of hydrogen-bond acceptors (Lipinski definition) is 2. The van der Waals surface area contributed by atoms with Gasteiger partial charge >= 0.3 is 0 Å². The van der Waals surface area contributed by atoms with Crippen molar-refractivity contribution in [2.75, 3.05) is 0 Å². The first-order valence-corrected chi connectivity index (χ1v) is 4.37. The van der Waals surface area contributed by atoms with Crippen molar-refractivity contribution >= 4 is 5.78 Å². The van der Waals surface area contributed by atoms with Gasteiger partial charge in [-0.3, -0.25) is 4.79 Å². The number of rotatable bonds is 2. The predicted octanol–water partition coefficient (Wildman–Crippen LogP) is 1.37. The topological polar surface area (TPSA) is 37.3 Å².